The smallest absolute Gasteiger partial charge is 0.416 e. The fraction of sp³-hybridized carbons (Fsp3) is 0.100. The molecule has 0 atom stereocenters. The van der Waals surface area contributed by atoms with Crippen LogP contribution in [0.4, 0.5) is 18.9 Å². The summed E-state index contributed by atoms with van der Waals surface area (Å²) in [6.07, 6.45) is -3.41. The molecule has 2 aromatic carbocycles. The highest BCUT2D eigenvalue weighted by molar-refractivity contribution is 5.95. The van der Waals surface area contributed by atoms with Crippen LogP contribution in [0.1, 0.15) is 21.7 Å². The van der Waals surface area contributed by atoms with Crippen molar-refractivity contribution in [3.05, 3.63) is 81.6 Å². The third-order valence-electron chi connectivity index (χ3n) is 4.10. The van der Waals surface area contributed by atoms with Gasteiger partial charge in [-0.3, -0.25) is 14.9 Å². The van der Waals surface area contributed by atoms with Gasteiger partial charge in [0.25, 0.3) is 11.6 Å². The second-order valence-electron chi connectivity index (χ2n) is 6.12. The lowest BCUT2D eigenvalue weighted by molar-refractivity contribution is -0.384. The van der Waals surface area contributed by atoms with Crippen LogP contribution in [0.3, 0.4) is 0 Å². The van der Waals surface area contributed by atoms with Crippen molar-refractivity contribution in [2.24, 2.45) is 5.10 Å². The predicted octanol–water partition coefficient (Wildman–Crippen LogP) is 4.65. The number of nitrogens with zero attached hydrogens (tertiary/aromatic N) is 2. The summed E-state index contributed by atoms with van der Waals surface area (Å²) >= 11 is 0. The number of ether oxygens (including phenoxy) is 1. The minimum Gasteiger partial charge on any atom is -0.496 e. The number of methoxy groups -OCH3 is 1. The van der Waals surface area contributed by atoms with Crippen molar-refractivity contribution in [2.45, 2.75) is 6.18 Å². The quantitative estimate of drug-likeness (QED) is 0.346. The van der Waals surface area contributed by atoms with Crippen molar-refractivity contribution in [3.63, 3.8) is 0 Å². The van der Waals surface area contributed by atoms with Crippen molar-refractivity contribution in [3.8, 4) is 17.1 Å². The first-order valence-electron chi connectivity index (χ1n) is 8.62. The average Bonchev–Trinajstić information content (AvgIpc) is 3.21. The number of furan rings is 1. The maximum absolute atomic E-state index is 12.7. The van der Waals surface area contributed by atoms with Crippen LogP contribution >= 0.6 is 0 Å². The SMILES string of the molecule is COc1cc([N+](=O)[O-])ccc1-c1ccc(C=NNC(=O)c2cccc(C(F)(F)F)c2)o1. The van der Waals surface area contributed by atoms with E-state index >= 15 is 0 Å². The van der Waals surface area contributed by atoms with Crippen molar-refractivity contribution in [1.82, 2.24) is 5.43 Å². The molecule has 0 fully saturated rings. The molecule has 3 rings (SSSR count). The number of hydrogen-bond acceptors (Lipinski definition) is 6. The number of non-ortho nitro benzene ring substituents is 1. The highest BCUT2D eigenvalue weighted by atomic mass is 19.4. The fourth-order valence-electron chi connectivity index (χ4n) is 2.62. The molecule has 0 radical (unpaired) electrons. The summed E-state index contributed by atoms with van der Waals surface area (Å²) in [4.78, 5) is 22.3. The third kappa shape index (κ3) is 5.07. The lowest BCUT2D eigenvalue weighted by atomic mass is 10.1. The largest absolute Gasteiger partial charge is 0.496 e. The number of amides is 1. The molecule has 1 N–H and O–H groups in total. The Hall–Kier alpha value is -4.15. The van der Waals surface area contributed by atoms with E-state index < -0.39 is 22.6 Å². The number of alkyl halides is 3. The van der Waals surface area contributed by atoms with Gasteiger partial charge in [-0.25, -0.2) is 5.43 Å². The van der Waals surface area contributed by atoms with Gasteiger partial charge in [-0.2, -0.15) is 18.3 Å². The zero-order chi connectivity index (χ0) is 22.6. The molecule has 8 nitrogen and oxygen atoms in total. The molecule has 0 saturated heterocycles. The molecule has 3 aromatic rings. The van der Waals surface area contributed by atoms with Gasteiger partial charge >= 0.3 is 6.18 Å². The monoisotopic (exact) mass is 433 g/mol. The first-order valence-corrected chi connectivity index (χ1v) is 8.62. The molecule has 160 valence electrons. The van der Waals surface area contributed by atoms with Gasteiger partial charge in [-0.1, -0.05) is 6.07 Å². The van der Waals surface area contributed by atoms with Crippen LogP contribution in [-0.2, 0) is 6.18 Å². The highest BCUT2D eigenvalue weighted by Crippen LogP contribution is 2.34. The molecule has 31 heavy (non-hydrogen) atoms. The summed E-state index contributed by atoms with van der Waals surface area (Å²) in [6.45, 7) is 0. The Kier molecular flexibility index (Phi) is 6.05. The summed E-state index contributed by atoms with van der Waals surface area (Å²) in [7, 11) is 1.36. The molecule has 0 unspecified atom stereocenters. The van der Waals surface area contributed by atoms with E-state index in [9.17, 15) is 28.1 Å². The number of benzene rings is 2. The molecule has 1 heterocycles. The molecule has 11 heteroatoms. The van der Waals surface area contributed by atoms with E-state index in [0.717, 1.165) is 24.4 Å². The van der Waals surface area contributed by atoms with Crippen molar-refractivity contribution >= 4 is 17.8 Å². The standard InChI is InChI=1S/C20H14F3N3O5/c1-30-18-10-14(26(28)29)5-7-16(18)17-8-6-15(31-17)11-24-25-19(27)12-3-2-4-13(9-12)20(21,22)23/h2-11H,1H3,(H,25,27). The second-order valence-corrected chi connectivity index (χ2v) is 6.12. The van der Waals surface area contributed by atoms with Gasteiger partial charge in [0.2, 0.25) is 0 Å². The van der Waals surface area contributed by atoms with Gasteiger partial charge < -0.3 is 9.15 Å². The molecule has 0 saturated carbocycles. The minimum atomic E-state index is -4.57. The van der Waals surface area contributed by atoms with Crippen LogP contribution in [-0.4, -0.2) is 24.2 Å². The minimum absolute atomic E-state index is 0.147. The number of carbonyl (C=O) groups is 1. The van der Waals surface area contributed by atoms with Crippen LogP contribution in [0.25, 0.3) is 11.3 Å². The Morgan fingerprint density at radius 2 is 1.97 bits per heavy atom. The van der Waals surface area contributed by atoms with Gasteiger partial charge in [0.15, 0.2) is 0 Å². The van der Waals surface area contributed by atoms with Gasteiger partial charge in [0, 0.05) is 11.6 Å². The zero-order valence-corrected chi connectivity index (χ0v) is 15.8. The van der Waals surface area contributed by atoms with Crippen molar-refractivity contribution < 1.29 is 32.0 Å². The number of hydrazone groups is 1. The number of rotatable bonds is 6. The Morgan fingerprint density at radius 3 is 2.65 bits per heavy atom. The molecule has 0 aliphatic heterocycles. The van der Waals surface area contributed by atoms with Gasteiger partial charge in [-0.15, -0.1) is 0 Å². The maximum atomic E-state index is 12.7. The molecule has 1 aromatic heterocycles. The molecule has 0 bridgehead atoms. The molecular weight excluding hydrogens is 419 g/mol. The van der Waals surface area contributed by atoms with E-state index in [1.54, 1.807) is 6.07 Å². The topological polar surface area (TPSA) is 107 Å². The van der Waals surface area contributed by atoms with Gasteiger partial charge in [0.05, 0.1) is 35.4 Å². The van der Waals surface area contributed by atoms with Gasteiger partial charge in [0.1, 0.15) is 17.3 Å². The summed E-state index contributed by atoms with van der Waals surface area (Å²) in [6, 6.07) is 11.0. The first kappa shape index (κ1) is 21.6. The molecular formula is C20H14F3N3O5. The molecule has 1 amide bonds. The summed E-state index contributed by atoms with van der Waals surface area (Å²) in [5.41, 5.74) is 1.28. The molecule has 0 spiro atoms. The van der Waals surface area contributed by atoms with Crippen LogP contribution in [0.15, 0.2) is 64.1 Å². The van der Waals surface area contributed by atoms with Gasteiger partial charge in [-0.05, 0) is 36.4 Å². The Bertz CT molecular complexity index is 1150. The predicted molar refractivity (Wildman–Crippen MR) is 104 cm³/mol. The number of nitrogens with one attached hydrogen (secondary N) is 1. The van der Waals surface area contributed by atoms with Crippen LogP contribution in [0.2, 0.25) is 0 Å². The fourth-order valence-corrected chi connectivity index (χ4v) is 2.62. The highest BCUT2D eigenvalue weighted by Gasteiger charge is 2.30. The van der Waals surface area contributed by atoms with Crippen LogP contribution in [0.5, 0.6) is 5.75 Å². The lowest BCUT2D eigenvalue weighted by Crippen LogP contribution is -2.18. The van der Waals surface area contributed by atoms with Crippen LogP contribution in [0, 0.1) is 10.1 Å². The van der Waals surface area contributed by atoms with E-state index in [2.05, 4.69) is 10.5 Å². The average molecular weight is 433 g/mol. The van der Waals surface area contributed by atoms with E-state index in [4.69, 9.17) is 9.15 Å². The Labute approximate surface area is 173 Å². The number of hydrogen-bond donors (Lipinski definition) is 1. The molecule has 0 aliphatic rings. The van der Waals surface area contributed by atoms with Crippen molar-refractivity contribution in [1.29, 1.82) is 0 Å². The van der Waals surface area contributed by atoms with E-state index in [1.165, 1.54) is 37.4 Å². The number of nitro benzene ring substituents is 1. The lowest BCUT2D eigenvalue weighted by Gasteiger charge is -2.07. The van der Waals surface area contributed by atoms with E-state index in [1.807, 2.05) is 0 Å². The van der Waals surface area contributed by atoms with E-state index in [0.29, 0.717) is 11.3 Å². The zero-order valence-electron chi connectivity index (χ0n) is 15.8. The Morgan fingerprint density at radius 1 is 1.19 bits per heavy atom. The Balaban J connectivity index is 1.72. The summed E-state index contributed by atoms with van der Waals surface area (Å²) in [5.74, 6) is -0.0480. The number of nitro groups is 1. The first-order chi connectivity index (χ1) is 14.7. The third-order valence-corrected chi connectivity index (χ3v) is 4.10. The summed E-state index contributed by atoms with van der Waals surface area (Å²) < 4.78 is 49.0. The second kappa shape index (κ2) is 8.69. The van der Waals surface area contributed by atoms with Crippen molar-refractivity contribution in [2.75, 3.05) is 7.11 Å². The normalized spacial score (nSPS) is 11.5. The molecule has 0 aliphatic carbocycles. The maximum Gasteiger partial charge on any atom is 0.416 e. The summed E-state index contributed by atoms with van der Waals surface area (Å²) in [5, 5.41) is 14.6. The van der Waals surface area contributed by atoms with E-state index in [-0.39, 0.29) is 22.8 Å². The number of carbonyl (C=O) groups excluding carboxylic acids is 1. The van der Waals surface area contributed by atoms with Crippen LogP contribution < -0.4 is 10.2 Å². The number of halogens is 3.